The molecule has 2 amide bonds. The van der Waals surface area contributed by atoms with E-state index in [1.165, 1.54) is 7.05 Å². The van der Waals surface area contributed by atoms with Crippen molar-refractivity contribution >= 4 is 35.1 Å². The van der Waals surface area contributed by atoms with Crippen molar-refractivity contribution in [1.82, 2.24) is 25.1 Å². The van der Waals surface area contributed by atoms with E-state index in [1.54, 1.807) is 0 Å². The molecule has 2 aliphatic rings. The first-order valence-corrected chi connectivity index (χ1v) is 15.7. The Kier molecular flexibility index (Phi) is 9.90. The molecular formula is C33H42ClN7O3. The van der Waals surface area contributed by atoms with Gasteiger partial charge in [0.05, 0.1) is 0 Å². The van der Waals surface area contributed by atoms with Gasteiger partial charge in [-0.3, -0.25) is 14.5 Å². The summed E-state index contributed by atoms with van der Waals surface area (Å²) in [6.07, 6.45) is 2.81. The van der Waals surface area contributed by atoms with Crippen LogP contribution < -0.4 is 20.7 Å². The van der Waals surface area contributed by atoms with Gasteiger partial charge in [-0.2, -0.15) is 0 Å². The molecule has 44 heavy (non-hydrogen) atoms. The van der Waals surface area contributed by atoms with Crippen LogP contribution in [0.15, 0.2) is 42.5 Å². The number of anilines is 2. The molecule has 2 fully saturated rings. The second-order valence-corrected chi connectivity index (χ2v) is 12.0. The Morgan fingerprint density at radius 1 is 1.05 bits per heavy atom. The Morgan fingerprint density at radius 2 is 1.73 bits per heavy atom. The average Bonchev–Trinajstić information content (AvgIpc) is 3.04. The molecule has 3 N–H and O–H groups in total. The monoisotopic (exact) mass is 619 g/mol. The highest BCUT2D eigenvalue weighted by atomic mass is 35.5. The summed E-state index contributed by atoms with van der Waals surface area (Å²) in [7, 11) is 1.51. The summed E-state index contributed by atoms with van der Waals surface area (Å²) in [5.41, 5.74) is 9.85. The Morgan fingerprint density at radius 3 is 2.36 bits per heavy atom. The van der Waals surface area contributed by atoms with Crippen molar-refractivity contribution in [1.29, 1.82) is 0 Å². The number of likely N-dealkylation sites (tertiary alicyclic amines) is 1. The number of hydrogen-bond acceptors (Lipinski definition) is 8. The van der Waals surface area contributed by atoms with Gasteiger partial charge < -0.3 is 25.6 Å². The number of amides is 2. The molecule has 234 valence electrons. The molecule has 1 atom stereocenters. The predicted octanol–water partition coefficient (Wildman–Crippen LogP) is 4.47. The number of carbonyl (C=O) groups excluding carboxylic acids is 2. The van der Waals surface area contributed by atoms with Crippen LogP contribution in [0.5, 0.6) is 5.75 Å². The smallest absolute Gasteiger partial charge is 0.273 e. The Balaban J connectivity index is 1.19. The number of ether oxygens (including phenoxy) is 1. The van der Waals surface area contributed by atoms with Crippen LogP contribution >= 0.6 is 11.6 Å². The first-order chi connectivity index (χ1) is 21.2. The van der Waals surface area contributed by atoms with Gasteiger partial charge in [-0.1, -0.05) is 48.9 Å². The minimum atomic E-state index is -0.417. The van der Waals surface area contributed by atoms with Crippen LogP contribution in [0, 0.1) is 13.8 Å². The van der Waals surface area contributed by atoms with Gasteiger partial charge in [-0.05, 0) is 61.9 Å². The third kappa shape index (κ3) is 6.76. The molecule has 2 saturated heterocycles. The zero-order chi connectivity index (χ0) is 31.4. The van der Waals surface area contributed by atoms with E-state index in [-0.39, 0.29) is 22.6 Å². The number of nitrogen functional groups attached to an aromatic ring is 1. The number of piperazine rings is 1. The van der Waals surface area contributed by atoms with E-state index in [0.29, 0.717) is 24.5 Å². The van der Waals surface area contributed by atoms with Gasteiger partial charge in [-0.25, -0.2) is 9.97 Å². The molecule has 3 aromatic rings. The van der Waals surface area contributed by atoms with Crippen molar-refractivity contribution in [3.8, 4) is 5.75 Å². The molecule has 10 nitrogen and oxygen atoms in total. The van der Waals surface area contributed by atoms with E-state index in [2.05, 4.69) is 32.0 Å². The van der Waals surface area contributed by atoms with E-state index in [9.17, 15) is 9.59 Å². The summed E-state index contributed by atoms with van der Waals surface area (Å²) in [4.78, 5) is 41.1. The van der Waals surface area contributed by atoms with Gasteiger partial charge in [0.2, 0.25) is 0 Å². The number of nitrogens with zero attached hydrogens (tertiary/aromatic N) is 5. The van der Waals surface area contributed by atoms with Crippen molar-refractivity contribution in [2.75, 3.05) is 50.4 Å². The van der Waals surface area contributed by atoms with Crippen molar-refractivity contribution < 1.29 is 14.3 Å². The van der Waals surface area contributed by atoms with Gasteiger partial charge in [0.15, 0.2) is 22.5 Å². The lowest BCUT2D eigenvalue weighted by atomic mass is 9.96. The average molecular weight is 620 g/mol. The Bertz CT molecular complexity index is 1470. The summed E-state index contributed by atoms with van der Waals surface area (Å²) in [6.45, 7) is 10.4. The molecule has 0 spiro atoms. The molecule has 2 aromatic carbocycles. The molecule has 0 radical (unpaired) electrons. The number of piperidine rings is 1. The van der Waals surface area contributed by atoms with Gasteiger partial charge >= 0.3 is 0 Å². The highest BCUT2D eigenvalue weighted by molar-refractivity contribution is 6.32. The van der Waals surface area contributed by atoms with Gasteiger partial charge in [-0.15, -0.1) is 0 Å². The van der Waals surface area contributed by atoms with E-state index < -0.39 is 5.91 Å². The van der Waals surface area contributed by atoms with Crippen molar-refractivity contribution in [3.63, 3.8) is 0 Å². The maximum absolute atomic E-state index is 13.7. The third-order valence-electron chi connectivity index (χ3n) is 8.79. The normalized spacial score (nSPS) is 17.9. The number of benzene rings is 2. The van der Waals surface area contributed by atoms with E-state index >= 15 is 0 Å². The van der Waals surface area contributed by atoms with Crippen LogP contribution in [0.4, 0.5) is 11.6 Å². The highest BCUT2D eigenvalue weighted by Crippen LogP contribution is 2.31. The van der Waals surface area contributed by atoms with Crippen LogP contribution in [0.25, 0.3) is 0 Å². The summed E-state index contributed by atoms with van der Waals surface area (Å²) < 4.78 is 6.03. The van der Waals surface area contributed by atoms with E-state index in [4.69, 9.17) is 22.1 Å². The lowest BCUT2D eigenvalue weighted by Gasteiger charge is -2.47. The molecule has 1 aromatic heterocycles. The second kappa shape index (κ2) is 13.8. The van der Waals surface area contributed by atoms with Crippen molar-refractivity contribution in [2.24, 2.45) is 0 Å². The molecule has 11 heteroatoms. The maximum atomic E-state index is 13.7. The molecule has 3 heterocycles. The maximum Gasteiger partial charge on any atom is 0.273 e. The quantitative estimate of drug-likeness (QED) is 0.379. The summed E-state index contributed by atoms with van der Waals surface area (Å²) in [5, 5.41) is 2.69. The van der Waals surface area contributed by atoms with Crippen LogP contribution in [0.3, 0.4) is 0 Å². The third-order valence-corrected chi connectivity index (χ3v) is 9.05. The predicted molar refractivity (Wildman–Crippen MR) is 173 cm³/mol. The summed E-state index contributed by atoms with van der Waals surface area (Å²) >= 11 is 6.47. The SMILES string of the molecule is CC[C@H]1CN(c2nc(N)c(C(=O)NC)nc2Cl)CCN1C1CCN(C(=O)c2c(C)cc(OCc3ccccc3)cc2C)CC1. The standard InChI is InChI=1S/C33H42ClN7O3/c1-5-24-19-40(31-29(34)37-28(30(35)38-31)32(42)36-4)15-16-41(24)25-11-13-39(14-12-25)33(43)27-21(2)17-26(18-22(27)3)44-20-23-9-7-6-8-10-23/h6-10,17-18,24-25H,5,11-16,19-20H2,1-4H3,(H2,35,38)(H,36,42)/t24-/m0/s1. The molecule has 5 rings (SSSR count). The minimum Gasteiger partial charge on any atom is -0.489 e. The molecule has 2 aliphatic heterocycles. The van der Waals surface area contributed by atoms with Crippen LogP contribution in [0.2, 0.25) is 5.15 Å². The Hall–Kier alpha value is -3.89. The molecule has 0 saturated carbocycles. The van der Waals surface area contributed by atoms with Crippen molar-refractivity contribution in [2.45, 2.75) is 58.7 Å². The number of nitrogens with two attached hydrogens (primary N) is 1. The number of aromatic nitrogens is 2. The summed E-state index contributed by atoms with van der Waals surface area (Å²) in [6, 6.07) is 14.7. The topological polar surface area (TPSA) is 117 Å². The fourth-order valence-electron chi connectivity index (χ4n) is 6.46. The number of aryl methyl sites for hydroxylation is 2. The highest BCUT2D eigenvalue weighted by Gasteiger charge is 2.35. The van der Waals surface area contributed by atoms with Gasteiger partial charge in [0, 0.05) is 57.4 Å². The minimum absolute atomic E-state index is 0.0333. The lowest BCUT2D eigenvalue weighted by Crippen LogP contribution is -2.59. The number of nitrogens with one attached hydrogen (secondary N) is 1. The molecule has 0 aliphatic carbocycles. The van der Waals surface area contributed by atoms with Crippen molar-refractivity contribution in [3.05, 3.63) is 75.6 Å². The number of hydrogen-bond donors (Lipinski definition) is 2. The second-order valence-electron chi connectivity index (χ2n) is 11.6. The van der Waals surface area contributed by atoms with Gasteiger partial charge in [0.25, 0.3) is 11.8 Å². The lowest BCUT2D eigenvalue weighted by molar-refractivity contribution is 0.0489. The zero-order valence-electron chi connectivity index (χ0n) is 26.0. The molecule has 0 bridgehead atoms. The first kappa shape index (κ1) is 31.5. The van der Waals surface area contributed by atoms with Crippen LogP contribution in [-0.4, -0.2) is 83.4 Å². The number of rotatable bonds is 8. The molecule has 0 unspecified atom stereocenters. The van der Waals surface area contributed by atoms with Gasteiger partial charge in [0.1, 0.15) is 12.4 Å². The number of halogens is 1. The Labute approximate surface area is 264 Å². The fraction of sp³-hybridized carbons (Fsp3) is 0.455. The number of carbonyl (C=O) groups is 2. The summed E-state index contributed by atoms with van der Waals surface area (Å²) in [5.74, 6) is 1.03. The molecular weight excluding hydrogens is 578 g/mol. The van der Waals surface area contributed by atoms with E-state index in [0.717, 1.165) is 80.0 Å². The fourth-order valence-corrected chi connectivity index (χ4v) is 6.70. The van der Waals surface area contributed by atoms with E-state index in [1.807, 2.05) is 61.2 Å². The van der Waals surface area contributed by atoms with Crippen LogP contribution in [-0.2, 0) is 6.61 Å². The first-order valence-electron chi connectivity index (χ1n) is 15.3. The van der Waals surface area contributed by atoms with Crippen LogP contribution in [0.1, 0.15) is 63.7 Å². The largest absolute Gasteiger partial charge is 0.489 e. The zero-order valence-corrected chi connectivity index (χ0v) is 26.7.